The first kappa shape index (κ1) is 28.4. The Labute approximate surface area is 233 Å². The van der Waals surface area contributed by atoms with Gasteiger partial charge in [-0.05, 0) is 41.8 Å². The Morgan fingerprint density at radius 1 is 0.725 bits per heavy atom. The average Bonchev–Trinajstić information content (AvgIpc) is 3.00. The SMILES string of the molecule is O=C(C=Cc1ccccc1C(=O)N[C@@H](Cc1ccccc1)C(=O)CNS(=O)(=O)c1ccccc1)c1ccccc1. The van der Waals surface area contributed by atoms with Crippen LogP contribution in [0.4, 0.5) is 0 Å². The third kappa shape index (κ3) is 7.69. The van der Waals surface area contributed by atoms with Gasteiger partial charge >= 0.3 is 0 Å². The van der Waals surface area contributed by atoms with Crippen molar-refractivity contribution in [2.75, 3.05) is 6.54 Å². The molecule has 40 heavy (non-hydrogen) atoms. The van der Waals surface area contributed by atoms with E-state index in [2.05, 4.69) is 10.0 Å². The number of hydrogen-bond donors (Lipinski definition) is 2. The number of Topliss-reactive ketones (excluding diaryl/α,β-unsaturated/α-hetero) is 1. The van der Waals surface area contributed by atoms with Gasteiger partial charge in [0.25, 0.3) is 5.91 Å². The van der Waals surface area contributed by atoms with Crippen molar-refractivity contribution in [2.45, 2.75) is 17.4 Å². The Hall–Kier alpha value is -4.66. The molecular weight excluding hydrogens is 524 g/mol. The maximum Gasteiger partial charge on any atom is 0.252 e. The zero-order chi connectivity index (χ0) is 28.4. The van der Waals surface area contributed by atoms with E-state index >= 15 is 0 Å². The number of amides is 1. The topological polar surface area (TPSA) is 109 Å². The molecule has 0 saturated carbocycles. The van der Waals surface area contributed by atoms with Gasteiger partial charge in [-0.3, -0.25) is 14.4 Å². The van der Waals surface area contributed by atoms with E-state index < -0.39 is 34.3 Å². The first-order valence-corrected chi connectivity index (χ1v) is 14.1. The van der Waals surface area contributed by atoms with Crippen LogP contribution in [0.5, 0.6) is 0 Å². The van der Waals surface area contributed by atoms with Crippen LogP contribution in [0, 0.1) is 0 Å². The minimum Gasteiger partial charge on any atom is -0.342 e. The molecule has 4 rings (SSSR count). The van der Waals surface area contributed by atoms with E-state index in [0.717, 1.165) is 5.56 Å². The van der Waals surface area contributed by atoms with Crippen molar-refractivity contribution in [3.05, 3.63) is 144 Å². The summed E-state index contributed by atoms with van der Waals surface area (Å²) in [5.74, 6) is -1.23. The van der Waals surface area contributed by atoms with Crippen molar-refractivity contribution in [1.29, 1.82) is 0 Å². The van der Waals surface area contributed by atoms with Crippen molar-refractivity contribution in [3.8, 4) is 0 Å². The van der Waals surface area contributed by atoms with Crippen LogP contribution < -0.4 is 10.0 Å². The van der Waals surface area contributed by atoms with Crippen LogP contribution in [-0.2, 0) is 21.2 Å². The standard InChI is InChI=1S/C32H28N2O5S/c35-30(26-15-6-2-7-16-26)21-20-25-14-10-11-19-28(25)32(37)34-29(22-24-12-4-1-5-13-24)31(36)23-33-40(38,39)27-17-8-3-9-18-27/h1-21,29,33H,22-23H2,(H,34,37)/t29-/m0/s1. The summed E-state index contributed by atoms with van der Waals surface area (Å²) in [6.07, 6.45) is 3.13. The molecule has 0 saturated heterocycles. The van der Waals surface area contributed by atoms with E-state index in [1.807, 2.05) is 36.4 Å². The van der Waals surface area contributed by atoms with Gasteiger partial charge < -0.3 is 5.32 Å². The molecule has 0 bridgehead atoms. The number of carbonyl (C=O) groups is 3. The van der Waals surface area contributed by atoms with Crippen molar-refractivity contribution in [2.24, 2.45) is 0 Å². The van der Waals surface area contributed by atoms with E-state index in [1.54, 1.807) is 72.8 Å². The van der Waals surface area contributed by atoms with Crippen molar-refractivity contribution < 1.29 is 22.8 Å². The maximum atomic E-state index is 13.4. The van der Waals surface area contributed by atoms with Crippen molar-refractivity contribution in [1.82, 2.24) is 10.0 Å². The number of carbonyl (C=O) groups excluding carboxylic acids is 3. The number of benzene rings is 4. The van der Waals surface area contributed by atoms with E-state index in [-0.39, 0.29) is 22.7 Å². The first-order chi connectivity index (χ1) is 19.3. The molecular formula is C32H28N2O5S. The molecule has 0 aliphatic rings. The zero-order valence-electron chi connectivity index (χ0n) is 21.6. The highest BCUT2D eigenvalue weighted by atomic mass is 32.2. The molecule has 0 radical (unpaired) electrons. The molecule has 0 aliphatic carbocycles. The number of ketones is 2. The first-order valence-electron chi connectivity index (χ1n) is 12.6. The lowest BCUT2D eigenvalue weighted by molar-refractivity contribution is -0.119. The van der Waals surface area contributed by atoms with Crippen LogP contribution in [0.3, 0.4) is 0 Å². The van der Waals surface area contributed by atoms with Crippen molar-refractivity contribution >= 4 is 33.6 Å². The summed E-state index contributed by atoms with van der Waals surface area (Å²) >= 11 is 0. The van der Waals surface area contributed by atoms with Gasteiger partial charge in [0.1, 0.15) is 0 Å². The van der Waals surface area contributed by atoms with Crippen LogP contribution in [0.25, 0.3) is 6.08 Å². The van der Waals surface area contributed by atoms with Crippen LogP contribution in [0.15, 0.2) is 126 Å². The highest BCUT2D eigenvalue weighted by Crippen LogP contribution is 2.14. The lowest BCUT2D eigenvalue weighted by Gasteiger charge is -2.19. The van der Waals surface area contributed by atoms with Gasteiger partial charge in [0.15, 0.2) is 11.6 Å². The Bertz CT molecular complexity index is 1600. The molecule has 8 heteroatoms. The fraction of sp³-hybridized carbons (Fsp3) is 0.0938. The molecule has 4 aromatic carbocycles. The Morgan fingerprint density at radius 3 is 1.98 bits per heavy atom. The summed E-state index contributed by atoms with van der Waals surface area (Å²) < 4.78 is 27.6. The van der Waals surface area contributed by atoms with Crippen LogP contribution in [0.2, 0.25) is 0 Å². The maximum absolute atomic E-state index is 13.4. The highest BCUT2D eigenvalue weighted by molar-refractivity contribution is 7.89. The largest absolute Gasteiger partial charge is 0.342 e. The predicted octanol–water partition coefficient (Wildman–Crippen LogP) is 4.47. The monoisotopic (exact) mass is 552 g/mol. The van der Waals surface area contributed by atoms with E-state index in [1.165, 1.54) is 18.2 Å². The fourth-order valence-corrected chi connectivity index (χ4v) is 5.03. The van der Waals surface area contributed by atoms with Gasteiger partial charge in [-0.1, -0.05) is 103 Å². The zero-order valence-corrected chi connectivity index (χ0v) is 22.4. The molecule has 0 heterocycles. The van der Waals surface area contributed by atoms with E-state index in [4.69, 9.17) is 0 Å². The van der Waals surface area contributed by atoms with Gasteiger partial charge in [0.2, 0.25) is 10.0 Å². The molecule has 2 N–H and O–H groups in total. The van der Waals surface area contributed by atoms with Crippen LogP contribution >= 0.6 is 0 Å². The predicted molar refractivity (Wildman–Crippen MR) is 154 cm³/mol. The lowest BCUT2D eigenvalue weighted by Crippen LogP contribution is -2.46. The number of allylic oxidation sites excluding steroid dienone is 1. The van der Waals surface area contributed by atoms with Crippen LogP contribution in [0.1, 0.15) is 31.8 Å². The normalized spacial score (nSPS) is 12.1. The van der Waals surface area contributed by atoms with Gasteiger partial charge in [-0.2, -0.15) is 0 Å². The minimum atomic E-state index is -3.91. The van der Waals surface area contributed by atoms with Gasteiger partial charge in [-0.25, -0.2) is 13.1 Å². The molecule has 4 aromatic rings. The third-order valence-corrected chi connectivity index (χ3v) is 7.56. The number of nitrogens with one attached hydrogen (secondary N) is 2. The Morgan fingerprint density at radius 2 is 1.30 bits per heavy atom. The quantitative estimate of drug-likeness (QED) is 0.199. The second-order valence-electron chi connectivity index (χ2n) is 8.97. The lowest BCUT2D eigenvalue weighted by atomic mass is 10.0. The summed E-state index contributed by atoms with van der Waals surface area (Å²) in [5.41, 5.74) is 2.09. The molecule has 0 aliphatic heterocycles. The second kappa shape index (κ2) is 13.4. The molecule has 0 fully saturated rings. The van der Waals surface area contributed by atoms with E-state index in [0.29, 0.717) is 11.1 Å². The average molecular weight is 553 g/mol. The molecule has 0 aromatic heterocycles. The summed E-state index contributed by atoms with van der Waals surface area (Å²) in [6, 6.07) is 31.4. The summed E-state index contributed by atoms with van der Waals surface area (Å²) in [7, 11) is -3.91. The Kier molecular flexibility index (Phi) is 9.51. The van der Waals surface area contributed by atoms with Gasteiger partial charge in [0.05, 0.1) is 17.5 Å². The number of sulfonamides is 1. The minimum absolute atomic E-state index is 0.0391. The number of hydrogen-bond acceptors (Lipinski definition) is 5. The van der Waals surface area contributed by atoms with Crippen LogP contribution in [-0.4, -0.2) is 38.5 Å². The van der Waals surface area contributed by atoms with Gasteiger partial charge in [-0.15, -0.1) is 0 Å². The smallest absolute Gasteiger partial charge is 0.252 e. The highest BCUT2D eigenvalue weighted by Gasteiger charge is 2.25. The van der Waals surface area contributed by atoms with Crippen molar-refractivity contribution in [3.63, 3.8) is 0 Å². The molecule has 202 valence electrons. The summed E-state index contributed by atoms with van der Waals surface area (Å²) in [6.45, 7) is -0.498. The summed E-state index contributed by atoms with van der Waals surface area (Å²) in [4.78, 5) is 39.2. The molecule has 7 nitrogen and oxygen atoms in total. The molecule has 0 unspecified atom stereocenters. The van der Waals surface area contributed by atoms with Gasteiger partial charge in [0, 0.05) is 11.1 Å². The van der Waals surface area contributed by atoms with E-state index in [9.17, 15) is 22.8 Å². The molecule has 0 spiro atoms. The third-order valence-electron chi connectivity index (χ3n) is 6.14. The molecule has 1 atom stereocenters. The Balaban J connectivity index is 1.52. The molecule has 1 amide bonds. The fourth-order valence-electron chi connectivity index (χ4n) is 4.02. The number of rotatable bonds is 12. The summed E-state index contributed by atoms with van der Waals surface area (Å²) in [5, 5.41) is 2.78. The second-order valence-corrected chi connectivity index (χ2v) is 10.7.